The average molecular weight is 265 g/mol. The molecule has 0 saturated carbocycles. The lowest BCUT2D eigenvalue weighted by Gasteiger charge is -1.97. The Labute approximate surface area is 104 Å². The van der Waals surface area contributed by atoms with Crippen LogP contribution in [0, 0.1) is 0 Å². The maximum absolute atomic E-state index is 12.1. The molecular weight excluding hydrogens is 260 g/mol. The lowest BCUT2D eigenvalue weighted by molar-refractivity contribution is 0.112. The number of fused-ring (bicyclic) bond motifs is 3. The fraction of sp³-hybridized carbons (Fsp3) is 0. The summed E-state index contributed by atoms with van der Waals surface area (Å²) in [5.74, 6) is 0. The molecule has 3 aromatic rings. The van der Waals surface area contributed by atoms with Crippen LogP contribution in [-0.4, -0.2) is 15.7 Å². The first-order valence-electron chi connectivity index (χ1n) is 4.77. The van der Waals surface area contributed by atoms with Gasteiger partial charge in [0.15, 0.2) is 11.2 Å². The fourth-order valence-corrected chi connectivity index (χ4v) is 2.97. The van der Waals surface area contributed by atoms with Gasteiger partial charge in [-0.3, -0.25) is 14.0 Å². The summed E-state index contributed by atoms with van der Waals surface area (Å²) >= 11 is 7.15. The highest BCUT2D eigenvalue weighted by Gasteiger charge is 2.14. The third kappa shape index (κ3) is 1.40. The van der Waals surface area contributed by atoms with Crippen LogP contribution in [-0.2, 0) is 0 Å². The summed E-state index contributed by atoms with van der Waals surface area (Å²) in [6, 6.07) is 7.41. The molecule has 0 spiro atoms. The number of hydrogen-bond donors (Lipinski definition) is 0. The van der Waals surface area contributed by atoms with Crippen LogP contribution in [0.2, 0.25) is 5.15 Å². The van der Waals surface area contributed by atoms with E-state index in [1.807, 2.05) is 24.3 Å². The number of thiazole rings is 1. The normalized spacial score (nSPS) is 11.1. The van der Waals surface area contributed by atoms with Gasteiger partial charge in [-0.05, 0) is 12.1 Å². The standard InChI is InChI=1S/C11H5ClN2O2S/c12-9-6(5-15)10(16)14-7-3-1-2-4-8(7)17-11(14)13-9/h1-5H. The van der Waals surface area contributed by atoms with Crippen molar-refractivity contribution in [3.8, 4) is 0 Å². The van der Waals surface area contributed by atoms with E-state index >= 15 is 0 Å². The highest BCUT2D eigenvalue weighted by atomic mass is 35.5. The predicted molar refractivity (Wildman–Crippen MR) is 67.2 cm³/mol. The zero-order valence-electron chi connectivity index (χ0n) is 8.38. The SMILES string of the molecule is O=Cc1c(Cl)nc2sc3ccccc3n2c1=O. The summed E-state index contributed by atoms with van der Waals surface area (Å²) in [5, 5.41) is -0.0449. The molecule has 0 radical (unpaired) electrons. The number of nitrogens with zero attached hydrogens (tertiary/aromatic N) is 2. The van der Waals surface area contributed by atoms with E-state index in [0.29, 0.717) is 11.2 Å². The minimum absolute atomic E-state index is 0.0449. The molecule has 0 unspecified atom stereocenters. The second-order valence-electron chi connectivity index (χ2n) is 3.43. The molecule has 17 heavy (non-hydrogen) atoms. The number of para-hydroxylation sites is 1. The molecular formula is C11H5ClN2O2S. The van der Waals surface area contributed by atoms with Crippen LogP contribution in [0.15, 0.2) is 29.1 Å². The van der Waals surface area contributed by atoms with Gasteiger partial charge in [-0.2, -0.15) is 0 Å². The van der Waals surface area contributed by atoms with E-state index < -0.39 is 5.56 Å². The fourth-order valence-electron chi connectivity index (χ4n) is 1.70. The molecule has 0 fully saturated rings. The van der Waals surface area contributed by atoms with Crippen LogP contribution in [0.3, 0.4) is 0 Å². The van der Waals surface area contributed by atoms with Crippen molar-refractivity contribution in [3.05, 3.63) is 45.3 Å². The molecule has 2 heterocycles. The van der Waals surface area contributed by atoms with Crippen LogP contribution in [0.1, 0.15) is 10.4 Å². The molecule has 0 saturated heterocycles. The molecule has 1 aromatic carbocycles. The number of hydrogen-bond acceptors (Lipinski definition) is 4. The van der Waals surface area contributed by atoms with Gasteiger partial charge in [-0.25, -0.2) is 4.98 Å². The van der Waals surface area contributed by atoms with E-state index in [-0.39, 0.29) is 10.7 Å². The molecule has 4 nitrogen and oxygen atoms in total. The van der Waals surface area contributed by atoms with Crippen molar-refractivity contribution < 1.29 is 4.79 Å². The van der Waals surface area contributed by atoms with E-state index in [1.165, 1.54) is 15.7 Å². The molecule has 0 N–H and O–H groups in total. The lowest BCUT2D eigenvalue weighted by Crippen LogP contribution is -2.18. The first kappa shape index (κ1) is 10.4. The second-order valence-corrected chi connectivity index (χ2v) is 4.79. The number of carbonyl (C=O) groups excluding carboxylic acids is 1. The van der Waals surface area contributed by atoms with E-state index in [1.54, 1.807) is 0 Å². The van der Waals surface area contributed by atoms with Gasteiger partial charge in [-0.1, -0.05) is 35.1 Å². The molecule has 0 amide bonds. The van der Waals surface area contributed by atoms with E-state index in [4.69, 9.17) is 11.6 Å². The topological polar surface area (TPSA) is 51.4 Å². The van der Waals surface area contributed by atoms with Crippen LogP contribution in [0.4, 0.5) is 0 Å². The molecule has 6 heteroatoms. The Kier molecular flexibility index (Phi) is 2.24. The Morgan fingerprint density at radius 2 is 2.12 bits per heavy atom. The Bertz CT molecular complexity index is 806. The van der Waals surface area contributed by atoms with Crippen LogP contribution >= 0.6 is 22.9 Å². The van der Waals surface area contributed by atoms with Gasteiger partial charge in [0, 0.05) is 0 Å². The minimum atomic E-state index is -0.424. The monoisotopic (exact) mass is 264 g/mol. The third-order valence-corrected chi connectivity index (χ3v) is 3.78. The van der Waals surface area contributed by atoms with Crippen LogP contribution in [0.25, 0.3) is 15.2 Å². The van der Waals surface area contributed by atoms with Gasteiger partial charge in [0.2, 0.25) is 0 Å². The third-order valence-electron chi connectivity index (χ3n) is 2.47. The predicted octanol–water partition coefficient (Wildman–Crippen LogP) is 2.38. The summed E-state index contributed by atoms with van der Waals surface area (Å²) in [6.07, 6.45) is 0.441. The second kappa shape index (κ2) is 3.65. The van der Waals surface area contributed by atoms with Crippen molar-refractivity contribution in [3.63, 3.8) is 0 Å². The number of rotatable bonds is 1. The summed E-state index contributed by atoms with van der Waals surface area (Å²) < 4.78 is 2.34. The van der Waals surface area contributed by atoms with Gasteiger partial charge in [0.25, 0.3) is 5.56 Å². The van der Waals surface area contributed by atoms with Crippen molar-refractivity contribution in [1.82, 2.24) is 9.38 Å². The zero-order valence-corrected chi connectivity index (χ0v) is 9.96. The lowest BCUT2D eigenvalue weighted by atomic mass is 10.3. The molecule has 0 atom stereocenters. The molecule has 0 aliphatic carbocycles. The van der Waals surface area contributed by atoms with Crippen molar-refractivity contribution in [2.75, 3.05) is 0 Å². The van der Waals surface area contributed by atoms with E-state index in [2.05, 4.69) is 4.98 Å². The minimum Gasteiger partial charge on any atom is -0.298 e. The van der Waals surface area contributed by atoms with Crippen LogP contribution < -0.4 is 5.56 Å². The Balaban J connectivity index is 2.65. The highest BCUT2D eigenvalue weighted by molar-refractivity contribution is 7.23. The van der Waals surface area contributed by atoms with Gasteiger partial charge in [0.05, 0.1) is 10.2 Å². The molecule has 84 valence electrons. The summed E-state index contributed by atoms with van der Waals surface area (Å²) in [5.41, 5.74) is 0.213. The summed E-state index contributed by atoms with van der Waals surface area (Å²) in [4.78, 5) is 27.4. The van der Waals surface area contributed by atoms with Crippen LogP contribution in [0.5, 0.6) is 0 Å². The quantitative estimate of drug-likeness (QED) is 0.501. The van der Waals surface area contributed by atoms with Crippen molar-refractivity contribution in [1.29, 1.82) is 0 Å². The molecule has 3 rings (SSSR count). The number of aromatic nitrogens is 2. The number of benzene rings is 1. The number of carbonyl (C=O) groups is 1. The highest BCUT2D eigenvalue weighted by Crippen LogP contribution is 2.24. The van der Waals surface area contributed by atoms with E-state index in [9.17, 15) is 9.59 Å². The smallest absolute Gasteiger partial charge is 0.271 e. The Hall–Kier alpha value is -1.72. The largest absolute Gasteiger partial charge is 0.298 e. The average Bonchev–Trinajstić information content (AvgIpc) is 2.67. The first-order chi connectivity index (χ1) is 8.22. The van der Waals surface area contributed by atoms with Gasteiger partial charge in [0.1, 0.15) is 10.7 Å². The molecule has 0 aliphatic rings. The van der Waals surface area contributed by atoms with Crippen molar-refractivity contribution in [2.45, 2.75) is 0 Å². The molecule has 2 aromatic heterocycles. The Morgan fingerprint density at radius 3 is 2.88 bits per heavy atom. The maximum atomic E-state index is 12.1. The van der Waals surface area contributed by atoms with Gasteiger partial charge < -0.3 is 0 Å². The van der Waals surface area contributed by atoms with Gasteiger partial charge in [-0.15, -0.1) is 0 Å². The summed E-state index contributed by atoms with van der Waals surface area (Å²) in [7, 11) is 0. The summed E-state index contributed by atoms with van der Waals surface area (Å²) in [6.45, 7) is 0. The Morgan fingerprint density at radius 1 is 1.35 bits per heavy atom. The van der Waals surface area contributed by atoms with Crippen molar-refractivity contribution >= 4 is 44.4 Å². The van der Waals surface area contributed by atoms with Crippen molar-refractivity contribution in [2.24, 2.45) is 0 Å². The van der Waals surface area contributed by atoms with E-state index in [0.717, 1.165) is 10.2 Å². The van der Waals surface area contributed by atoms with Gasteiger partial charge >= 0.3 is 0 Å². The molecule has 0 bridgehead atoms. The number of halogens is 1. The maximum Gasteiger partial charge on any atom is 0.271 e. The zero-order chi connectivity index (χ0) is 12.0. The number of aldehydes is 1. The first-order valence-corrected chi connectivity index (χ1v) is 5.97. The molecule has 0 aliphatic heterocycles.